The molecule has 38 heavy (non-hydrogen) atoms. The van der Waals surface area contributed by atoms with E-state index in [0.29, 0.717) is 28.9 Å². The van der Waals surface area contributed by atoms with Gasteiger partial charge in [-0.25, -0.2) is 0 Å². The largest absolute Gasteiger partial charge is 0.494 e. The zero-order valence-corrected chi connectivity index (χ0v) is 23.4. The van der Waals surface area contributed by atoms with E-state index in [1.54, 1.807) is 12.1 Å². The average molecular weight is 574 g/mol. The van der Waals surface area contributed by atoms with Crippen molar-refractivity contribution >= 4 is 35.0 Å². The lowest BCUT2D eigenvalue weighted by molar-refractivity contribution is -0.479. The minimum Gasteiger partial charge on any atom is -0.494 e. The van der Waals surface area contributed by atoms with Crippen molar-refractivity contribution in [3.8, 4) is 17.2 Å². The average Bonchev–Trinajstić information content (AvgIpc) is 3.24. The van der Waals surface area contributed by atoms with Crippen molar-refractivity contribution in [3.63, 3.8) is 0 Å². The predicted octanol–water partition coefficient (Wildman–Crippen LogP) is 7.28. The summed E-state index contributed by atoms with van der Waals surface area (Å²) in [7, 11) is 0. The number of aromatic nitrogens is 3. The van der Waals surface area contributed by atoms with Crippen LogP contribution in [0.5, 0.6) is 11.5 Å². The highest BCUT2D eigenvalue weighted by molar-refractivity contribution is 7.99. The molecule has 11 heteroatoms. The first-order valence-corrected chi connectivity index (χ1v) is 13.5. The molecule has 4 aromatic rings. The van der Waals surface area contributed by atoms with Gasteiger partial charge in [-0.05, 0) is 68.3 Å². The summed E-state index contributed by atoms with van der Waals surface area (Å²) in [5, 5.41) is 20.5. The Morgan fingerprint density at radius 2 is 1.66 bits per heavy atom. The van der Waals surface area contributed by atoms with Crippen molar-refractivity contribution in [1.82, 2.24) is 14.8 Å². The Kier molecular flexibility index (Phi) is 9.14. The highest BCUT2D eigenvalue weighted by atomic mass is 35.5. The molecular weight excluding hydrogens is 547 g/mol. The lowest BCUT2D eigenvalue weighted by Gasteiger charge is -2.17. The maximum atomic E-state index is 11.6. The number of nitro groups is 1. The Morgan fingerprint density at radius 3 is 2.26 bits per heavy atom. The molecular formula is C27H26Cl2N4O4S. The van der Waals surface area contributed by atoms with Gasteiger partial charge in [-0.2, -0.15) is 0 Å². The molecule has 0 N–H and O–H groups in total. The number of benzene rings is 3. The highest BCUT2D eigenvalue weighted by Crippen LogP contribution is 2.42. The molecule has 0 aliphatic rings. The Balaban J connectivity index is 1.59. The van der Waals surface area contributed by atoms with Crippen LogP contribution in [0.2, 0.25) is 10.0 Å². The molecule has 4 rings (SSSR count). The van der Waals surface area contributed by atoms with Crippen LogP contribution in [0, 0.1) is 24.0 Å². The number of halogens is 2. The van der Waals surface area contributed by atoms with Gasteiger partial charge in [0.15, 0.2) is 10.9 Å². The second-order valence-corrected chi connectivity index (χ2v) is 10.5. The van der Waals surface area contributed by atoms with E-state index in [1.165, 1.54) is 11.8 Å². The zero-order valence-electron chi connectivity index (χ0n) is 21.1. The van der Waals surface area contributed by atoms with E-state index in [-0.39, 0.29) is 28.1 Å². The minimum atomic E-state index is -0.629. The molecule has 0 radical (unpaired) electrons. The van der Waals surface area contributed by atoms with Gasteiger partial charge in [0.1, 0.15) is 23.4 Å². The van der Waals surface area contributed by atoms with Crippen LogP contribution in [0.1, 0.15) is 34.7 Å². The third-order valence-corrected chi connectivity index (χ3v) is 7.40. The molecule has 0 unspecified atom stereocenters. The molecule has 1 heterocycles. The van der Waals surface area contributed by atoms with Gasteiger partial charge in [-0.15, -0.1) is 10.2 Å². The highest BCUT2D eigenvalue weighted by Gasteiger charge is 2.26. The predicted molar refractivity (Wildman–Crippen MR) is 150 cm³/mol. The van der Waals surface area contributed by atoms with Crippen LogP contribution in [-0.4, -0.2) is 32.8 Å². The second kappa shape index (κ2) is 12.5. The number of aryl methyl sites for hydroxylation is 2. The minimum absolute atomic E-state index is 0.276. The zero-order chi connectivity index (χ0) is 27.2. The third kappa shape index (κ3) is 6.78. The van der Waals surface area contributed by atoms with Crippen LogP contribution in [0.3, 0.4) is 0 Å². The lowest BCUT2D eigenvalue weighted by atomic mass is 10.1. The number of ether oxygens (including phenoxy) is 2. The molecule has 0 spiro atoms. The molecule has 0 saturated heterocycles. The Labute approximate surface area is 235 Å². The first-order valence-electron chi connectivity index (χ1n) is 11.9. The van der Waals surface area contributed by atoms with Crippen LogP contribution < -0.4 is 9.47 Å². The standard InChI is InChI=1S/C27H26Cl2N4O4S/c1-4-36-22-11-9-21(10-12-22)33-18(3)30-31-27(33)38-25(15-32(34)35)20-13-23(28)26(24(29)14-20)37-16-19-7-5-17(2)6-8-19/h5-14,25H,4,15-16H2,1-3H3/t25-/m0/s1. The van der Waals surface area contributed by atoms with Crippen molar-refractivity contribution in [2.75, 3.05) is 13.2 Å². The Morgan fingerprint density at radius 1 is 1.00 bits per heavy atom. The Hall–Kier alpha value is -3.27. The molecule has 0 amide bonds. The molecule has 0 fully saturated rings. The van der Waals surface area contributed by atoms with Crippen LogP contribution in [0.4, 0.5) is 0 Å². The molecule has 0 saturated carbocycles. The molecule has 0 aliphatic carbocycles. The van der Waals surface area contributed by atoms with E-state index < -0.39 is 5.25 Å². The van der Waals surface area contributed by atoms with Crippen LogP contribution in [0.25, 0.3) is 5.69 Å². The summed E-state index contributed by atoms with van der Waals surface area (Å²) >= 11 is 14.3. The van der Waals surface area contributed by atoms with E-state index in [0.717, 1.165) is 22.6 Å². The summed E-state index contributed by atoms with van der Waals surface area (Å²) < 4.78 is 13.3. The van der Waals surface area contributed by atoms with Crippen LogP contribution in [0.15, 0.2) is 65.8 Å². The summed E-state index contributed by atoms with van der Waals surface area (Å²) in [6.45, 7) is 6.24. The van der Waals surface area contributed by atoms with Gasteiger partial charge in [0.05, 0.1) is 16.7 Å². The van der Waals surface area contributed by atoms with E-state index in [4.69, 9.17) is 32.7 Å². The molecule has 1 atom stereocenters. The van der Waals surface area contributed by atoms with Gasteiger partial charge in [0, 0.05) is 10.6 Å². The topological polar surface area (TPSA) is 92.3 Å². The maximum Gasteiger partial charge on any atom is 0.220 e. The SMILES string of the molecule is CCOc1ccc(-n2c(C)nnc2S[C@@H](C[N+](=O)[O-])c2cc(Cl)c(OCc3ccc(C)cc3)c(Cl)c2)cc1. The van der Waals surface area contributed by atoms with Crippen molar-refractivity contribution in [1.29, 1.82) is 0 Å². The van der Waals surface area contributed by atoms with Gasteiger partial charge >= 0.3 is 0 Å². The van der Waals surface area contributed by atoms with Gasteiger partial charge in [0.25, 0.3) is 0 Å². The first-order chi connectivity index (χ1) is 18.2. The number of nitrogens with zero attached hydrogens (tertiary/aromatic N) is 4. The summed E-state index contributed by atoms with van der Waals surface area (Å²) in [6.07, 6.45) is 0. The molecule has 3 aromatic carbocycles. The number of hydrogen-bond acceptors (Lipinski definition) is 7. The fourth-order valence-electron chi connectivity index (χ4n) is 3.79. The molecule has 0 aliphatic heterocycles. The number of hydrogen-bond donors (Lipinski definition) is 0. The van der Waals surface area contributed by atoms with Gasteiger partial charge < -0.3 is 9.47 Å². The van der Waals surface area contributed by atoms with Crippen molar-refractivity contribution < 1.29 is 14.4 Å². The van der Waals surface area contributed by atoms with Gasteiger partial charge in [-0.1, -0.05) is 64.8 Å². The van der Waals surface area contributed by atoms with Crippen LogP contribution >= 0.6 is 35.0 Å². The molecule has 0 bridgehead atoms. The van der Waals surface area contributed by atoms with Crippen molar-refractivity contribution in [2.24, 2.45) is 0 Å². The van der Waals surface area contributed by atoms with Crippen molar-refractivity contribution in [3.05, 3.63) is 103 Å². The van der Waals surface area contributed by atoms with E-state index >= 15 is 0 Å². The summed E-state index contributed by atoms with van der Waals surface area (Å²) in [5.41, 5.74) is 3.52. The quantitative estimate of drug-likeness (QED) is 0.106. The van der Waals surface area contributed by atoms with E-state index in [2.05, 4.69) is 10.2 Å². The lowest BCUT2D eigenvalue weighted by Crippen LogP contribution is -2.11. The fraction of sp³-hybridized carbons (Fsp3) is 0.259. The van der Waals surface area contributed by atoms with Gasteiger partial charge in [-0.3, -0.25) is 14.7 Å². The maximum absolute atomic E-state index is 11.6. The summed E-state index contributed by atoms with van der Waals surface area (Å²) in [5.74, 6) is 1.72. The first kappa shape index (κ1) is 27.8. The number of thioether (sulfide) groups is 1. The fourth-order valence-corrected chi connectivity index (χ4v) is 5.56. The summed E-state index contributed by atoms with van der Waals surface area (Å²) in [4.78, 5) is 11.2. The smallest absolute Gasteiger partial charge is 0.220 e. The number of rotatable bonds is 11. The molecule has 1 aromatic heterocycles. The van der Waals surface area contributed by atoms with Gasteiger partial charge in [0.2, 0.25) is 6.54 Å². The monoisotopic (exact) mass is 572 g/mol. The van der Waals surface area contributed by atoms with Crippen molar-refractivity contribution in [2.45, 2.75) is 37.8 Å². The third-order valence-electron chi connectivity index (χ3n) is 5.66. The molecule has 8 nitrogen and oxygen atoms in total. The van der Waals surface area contributed by atoms with Crippen LogP contribution in [-0.2, 0) is 6.61 Å². The normalized spacial score (nSPS) is 11.8. The molecule has 198 valence electrons. The second-order valence-electron chi connectivity index (χ2n) is 8.50. The van der Waals surface area contributed by atoms with E-state index in [1.807, 2.05) is 73.9 Å². The van der Waals surface area contributed by atoms with E-state index in [9.17, 15) is 10.1 Å². The summed E-state index contributed by atoms with van der Waals surface area (Å²) in [6, 6.07) is 18.7. The Bertz CT molecular complexity index is 1390.